The lowest BCUT2D eigenvalue weighted by Crippen LogP contribution is -2.52. The van der Waals surface area contributed by atoms with Crippen LogP contribution in [0.1, 0.15) is 34.3 Å². The third-order valence-electron chi connectivity index (χ3n) is 6.59. The van der Waals surface area contributed by atoms with Crippen molar-refractivity contribution in [2.24, 2.45) is 0 Å². The van der Waals surface area contributed by atoms with Gasteiger partial charge in [0.15, 0.2) is 17.4 Å². The van der Waals surface area contributed by atoms with E-state index in [0.29, 0.717) is 17.2 Å². The van der Waals surface area contributed by atoms with Crippen molar-refractivity contribution in [1.29, 1.82) is 0 Å². The highest BCUT2D eigenvalue weighted by molar-refractivity contribution is 6.06. The summed E-state index contributed by atoms with van der Waals surface area (Å²) in [5.74, 6) is -4.31. The van der Waals surface area contributed by atoms with Crippen LogP contribution in [-0.2, 0) is 27.5 Å². The van der Waals surface area contributed by atoms with E-state index in [1.165, 1.54) is 24.1 Å². The first kappa shape index (κ1) is 27.5. The summed E-state index contributed by atoms with van der Waals surface area (Å²) in [6.45, 7) is -0.189. The largest absolute Gasteiger partial charge is 0.495 e. The molecule has 2 heterocycles. The number of hydrogen-bond acceptors (Lipinski definition) is 7. The fourth-order valence-electron chi connectivity index (χ4n) is 4.64. The minimum absolute atomic E-state index is 0.0918. The van der Waals surface area contributed by atoms with Crippen LogP contribution in [0.25, 0.3) is 0 Å². The number of hydrogen-bond donors (Lipinski definition) is 2. The summed E-state index contributed by atoms with van der Waals surface area (Å²) in [5.41, 5.74) is 0.927. The standard InChI is InChI=1S/C28H22F3N3O7/c1-39-25-15(3-2-14-12-34(27(37)24(14)25)21-7-9-23(35)33-26(21)36)13-40-28(38)32-20-6-5-17(11-18(20)30)41-22-8-4-16(29)10-19(22)31/h2-6,8,10-11,21H,7,9,12-13H2,1H3,(H,32,38)(H,33,35,36). The molecule has 41 heavy (non-hydrogen) atoms. The number of methoxy groups -OCH3 is 1. The van der Waals surface area contributed by atoms with E-state index >= 15 is 0 Å². The van der Waals surface area contributed by atoms with Gasteiger partial charge >= 0.3 is 6.09 Å². The molecule has 1 atom stereocenters. The van der Waals surface area contributed by atoms with E-state index in [0.717, 1.165) is 18.2 Å². The molecule has 10 nitrogen and oxygen atoms in total. The average Bonchev–Trinajstić information content (AvgIpc) is 3.26. The number of nitrogens with zero attached hydrogens (tertiary/aromatic N) is 1. The number of ether oxygens (including phenoxy) is 3. The molecule has 0 saturated carbocycles. The zero-order valence-corrected chi connectivity index (χ0v) is 21.5. The maximum absolute atomic E-state index is 14.6. The summed E-state index contributed by atoms with van der Waals surface area (Å²) in [6.07, 6.45) is -0.693. The molecule has 0 bridgehead atoms. The average molecular weight is 569 g/mol. The van der Waals surface area contributed by atoms with E-state index in [9.17, 15) is 32.3 Å². The lowest BCUT2D eigenvalue weighted by molar-refractivity contribution is -0.136. The summed E-state index contributed by atoms with van der Waals surface area (Å²) in [4.78, 5) is 50.8. The SMILES string of the molecule is COc1c(COC(=O)Nc2ccc(Oc3ccc(F)cc3F)cc2F)ccc2c1C(=O)N(C1CCC(=O)NC1=O)C2. The third-order valence-corrected chi connectivity index (χ3v) is 6.59. The predicted molar refractivity (Wildman–Crippen MR) is 136 cm³/mol. The molecule has 5 rings (SSSR count). The van der Waals surface area contributed by atoms with Crippen molar-refractivity contribution in [3.63, 3.8) is 0 Å². The van der Waals surface area contributed by atoms with Gasteiger partial charge < -0.3 is 19.1 Å². The third kappa shape index (κ3) is 5.64. The molecular weight excluding hydrogens is 547 g/mol. The molecule has 0 aliphatic carbocycles. The van der Waals surface area contributed by atoms with E-state index in [1.54, 1.807) is 12.1 Å². The highest BCUT2D eigenvalue weighted by Crippen LogP contribution is 2.36. The van der Waals surface area contributed by atoms with Crippen molar-refractivity contribution < 1.29 is 46.6 Å². The molecule has 212 valence electrons. The van der Waals surface area contributed by atoms with Gasteiger partial charge in [-0.15, -0.1) is 0 Å². The summed E-state index contributed by atoms with van der Waals surface area (Å²) in [7, 11) is 1.35. The van der Waals surface area contributed by atoms with Gasteiger partial charge in [-0.2, -0.15) is 0 Å². The second-order valence-electron chi connectivity index (χ2n) is 9.21. The fraction of sp³-hybridized carbons (Fsp3) is 0.214. The van der Waals surface area contributed by atoms with Gasteiger partial charge in [0.1, 0.15) is 30.0 Å². The van der Waals surface area contributed by atoms with Gasteiger partial charge in [0.25, 0.3) is 5.91 Å². The minimum atomic E-state index is -1.01. The Balaban J connectivity index is 1.23. The molecule has 2 aliphatic rings. The summed E-state index contributed by atoms with van der Waals surface area (Å²) in [6, 6.07) is 8.47. The van der Waals surface area contributed by atoms with E-state index in [4.69, 9.17) is 14.2 Å². The number of anilines is 1. The van der Waals surface area contributed by atoms with Gasteiger partial charge in [0, 0.05) is 30.7 Å². The zero-order valence-electron chi connectivity index (χ0n) is 21.5. The second-order valence-corrected chi connectivity index (χ2v) is 9.21. The van der Waals surface area contributed by atoms with Crippen molar-refractivity contribution >= 4 is 29.5 Å². The topological polar surface area (TPSA) is 123 Å². The Morgan fingerprint density at radius 2 is 1.85 bits per heavy atom. The Morgan fingerprint density at radius 3 is 2.56 bits per heavy atom. The quantitative estimate of drug-likeness (QED) is 0.404. The number of amides is 4. The molecule has 13 heteroatoms. The van der Waals surface area contributed by atoms with E-state index < -0.39 is 47.3 Å². The maximum Gasteiger partial charge on any atom is 0.412 e. The van der Waals surface area contributed by atoms with Crippen LogP contribution in [-0.4, -0.2) is 41.9 Å². The molecule has 0 spiro atoms. The molecular formula is C28H22F3N3O7. The number of carbonyl (C=O) groups excluding carboxylic acids is 4. The van der Waals surface area contributed by atoms with Crippen LogP contribution in [0.15, 0.2) is 48.5 Å². The van der Waals surface area contributed by atoms with Crippen LogP contribution in [0.4, 0.5) is 23.7 Å². The lowest BCUT2D eigenvalue weighted by atomic mass is 10.0. The molecule has 0 radical (unpaired) electrons. The van der Waals surface area contributed by atoms with Crippen LogP contribution in [0.3, 0.4) is 0 Å². The molecule has 1 saturated heterocycles. The molecule has 1 unspecified atom stereocenters. The molecule has 4 amide bonds. The van der Waals surface area contributed by atoms with Gasteiger partial charge in [-0.3, -0.25) is 25.0 Å². The van der Waals surface area contributed by atoms with Gasteiger partial charge in [-0.1, -0.05) is 12.1 Å². The minimum Gasteiger partial charge on any atom is -0.495 e. The van der Waals surface area contributed by atoms with Gasteiger partial charge in [0.2, 0.25) is 11.8 Å². The van der Waals surface area contributed by atoms with Crippen LogP contribution in [0.2, 0.25) is 0 Å². The number of piperidine rings is 1. The summed E-state index contributed by atoms with van der Waals surface area (Å²) >= 11 is 0. The van der Waals surface area contributed by atoms with Gasteiger partial charge in [0.05, 0.1) is 18.4 Å². The predicted octanol–water partition coefficient (Wildman–Crippen LogP) is 4.41. The van der Waals surface area contributed by atoms with Crippen molar-refractivity contribution in [2.45, 2.75) is 32.0 Å². The lowest BCUT2D eigenvalue weighted by Gasteiger charge is -2.29. The first-order valence-electron chi connectivity index (χ1n) is 12.3. The van der Waals surface area contributed by atoms with E-state index in [1.807, 2.05) is 0 Å². The summed E-state index contributed by atoms with van der Waals surface area (Å²) in [5, 5.41) is 4.48. The van der Waals surface area contributed by atoms with Crippen LogP contribution >= 0.6 is 0 Å². The Bertz CT molecular complexity index is 1580. The molecule has 3 aromatic rings. The van der Waals surface area contributed by atoms with E-state index in [2.05, 4.69) is 10.6 Å². The normalized spacial score (nSPS) is 16.2. The maximum atomic E-state index is 14.6. The highest BCUT2D eigenvalue weighted by Gasteiger charge is 2.41. The monoisotopic (exact) mass is 569 g/mol. The van der Waals surface area contributed by atoms with E-state index in [-0.39, 0.29) is 54.5 Å². The number of rotatable bonds is 7. The molecule has 1 fully saturated rings. The first-order chi connectivity index (χ1) is 19.6. The number of fused-ring (bicyclic) bond motifs is 1. The van der Waals surface area contributed by atoms with Crippen LogP contribution in [0, 0.1) is 17.5 Å². The second kappa shape index (κ2) is 11.2. The molecule has 0 aromatic heterocycles. The number of halogens is 3. The number of nitrogens with one attached hydrogen (secondary N) is 2. The van der Waals surface area contributed by atoms with Gasteiger partial charge in [-0.25, -0.2) is 18.0 Å². The van der Waals surface area contributed by atoms with Crippen molar-refractivity contribution in [1.82, 2.24) is 10.2 Å². The Labute approximate surface area is 231 Å². The number of benzene rings is 3. The van der Waals surface area contributed by atoms with Gasteiger partial charge in [-0.05, 0) is 36.2 Å². The Hall–Kier alpha value is -5.07. The number of carbonyl (C=O) groups is 4. The van der Waals surface area contributed by atoms with Crippen molar-refractivity contribution in [2.75, 3.05) is 12.4 Å². The molecule has 2 N–H and O–H groups in total. The van der Waals surface area contributed by atoms with Crippen LogP contribution in [0.5, 0.6) is 17.2 Å². The smallest absolute Gasteiger partial charge is 0.412 e. The summed E-state index contributed by atoms with van der Waals surface area (Å²) < 4.78 is 57.3. The highest BCUT2D eigenvalue weighted by atomic mass is 19.1. The first-order valence-corrected chi connectivity index (χ1v) is 12.3. The zero-order chi connectivity index (χ0) is 29.3. The van der Waals surface area contributed by atoms with Crippen LogP contribution < -0.4 is 20.1 Å². The number of imide groups is 1. The van der Waals surface area contributed by atoms with Crippen molar-refractivity contribution in [3.8, 4) is 17.2 Å². The Kier molecular flexibility index (Phi) is 7.51. The fourth-order valence-corrected chi connectivity index (χ4v) is 4.64. The molecule has 3 aromatic carbocycles. The Morgan fingerprint density at radius 1 is 1.05 bits per heavy atom. The molecule has 2 aliphatic heterocycles. The van der Waals surface area contributed by atoms with Crippen molar-refractivity contribution in [3.05, 3.63) is 82.7 Å².